The van der Waals surface area contributed by atoms with Gasteiger partial charge in [-0.05, 0) is 41.8 Å². The summed E-state index contributed by atoms with van der Waals surface area (Å²) >= 11 is 3.03. The van der Waals surface area contributed by atoms with E-state index in [0.29, 0.717) is 0 Å². The van der Waals surface area contributed by atoms with Gasteiger partial charge in [-0.15, -0.1) is 22.7 Å². The van der Waals surface area contributed by atoms with Crippen LogP contribution in [0.5, 0.6) is 0 Å². The summed E-state index contributed by atoms with van der Waals surface area (Å²) in [6.07, 6.45) is 5.35. The fourth-order valence-corrected chi connectivity index (χ4v) is 5.63. The lowest BCUT2D eigenvalue weighted by Gasteiger charge is -2.33. The molecule has 32 heavy (non-hydrogen) atoms. The van der Waals surface area contributed by atoms with E-state index in [0.717, 1.165) is 35.4 Å². The number of hydrogen-bond acceptors (Lipinski definition) is 4. The number of benzene rings is 1. The summed E-state index contributed by atoms with van der Waals surface area (Å²) in [6.45, 7) is 0.263. The van der Waals surface area contributed by atoms with Crippen molar-refractivity contribution < 1.29 is 14.0 Å². The molecule has 2 aromatic heterocycles. The Morgan fingerprint density at radius 1 is 0.969 bits per heavy atom. The molecule has 3 aromatic rings. The fourth-order valence-electron chi connectivity index (χ4n) is 4.23. The third-order valence-corrected chi connectivity index (χ3v) is 7.58. The monoisotopic (exact) mass is 470 g/mol. The molecule has 1 unspecified atom stereocenters. The molecule has 0 aliphatic heterocycles. The number of hydrogen-bond donors (Lipinski definition) is 1. The van der Waals surface area contributed by atoms with E-state index in [-0.39, 0.29) is 36.4 Å². The lowest BCUT2D eigenvalue weighted by molar-refractivity contribution is -0.141. The number of amides is 2. The number of thiophene rings is 2. The van der Waals surface area contributed by atoms with Crippen LogP contribution in [0.2, 0.25) is 0 Å². The second-order valence-electron chi connectivity index (χ2n) is 8.12. The zero-order valence-electron chi connectivity index (χ0n) is 17.8. The number of rotatable bonds is 8. The van der Waals surface area contributed by atoms with Gasteiger partial charge < -0.3 is 10.2 Å². The van der Waals surface area contributed by atoms with E-state index >= 15 is 0 Å². The van der Waals surface area contributed by atoms with Crippen LogP contribution in [0.25, 0.3) is 0 Å². The van der Waals surface area contributed by atoms with E-state index < -0.39 is 11.9 Å². The van der Waals surface area contributed by atoms with Crippen molar-refractivity contribution in [3.63, 3.8) is 0 Å². The Kier molecular flexibility index (Phi) is 7.71. The average Bonchev–Trinajstić information content (AvgIpc) is 3.49. The highest BCUT2D eigenvalue weighted by atomic mass is 32.1. The molecule has 4 rings (SSSR count). The number of halogens is 1. The lowest BCUT2D eigenvalue weighted by Crippen LogP contribution is -2.47. The van der Waals surface area contributed by atoms with E-state index in [1.54, 1.807) is 23.1 Å². The van der Waals surface area contributed by atoms with E-state index in [1.807, 2.05) is 35.0 Å². The zero-order valence-corrected chi connectivity index (χ0v) is 19.5. The number of nitrogens with zero attached hydrogens (tertiary/aromatic N) is 1. The van der Waals surface area contributed by atoms with Crippen LogP contribution < -0.4 is 5.32 Å². The first-order chi connectivity index (χ1) is 15.6. The average molecular weight is 471 g/mol. The quantitative estimate of drug-likeness (QED) is 0.458. The Morgan fingerprint density at radius 2 is 1.66 bits per heavy atom. The molecule has 0 saturated heterocycles. The van der Waals surface area contributed by atoms with Gasteiger partial charge in [0.05, 0.1) is 13.0 Å². The van der Waals surface area contributed by atoms with Crippen molar-refractivity contribution in [1.82, 2.24) is 10.2 Å². The molecular weight excluding hydrogens is 443 g/mol. The molecule has 1 saturated carbocycles. The van der Waals surface area contributed by atoms with Crippen LogP contribution in [0.3, 0.4) is 0 Å². The Hall–Kier alpha value is -2.51. The van der Waals surface area contributed by atoms with E-state index in [1.165, 1.54) is 35.2 Å². The van der Waals surface area contributed by atoms with Gasteiger partial charge in [0, 0.05) is 21.4 Å². The first kappa shape index (κ1) is 22.7. The van der Waals surface area contributed by atoms with Gasteiger partial charge >= 0.3 is 0 Å². The molecule has 1 atom stereocenters. The molecule has 1 aliphatic rings. The summed E-state index contributed by atoms with van der Waals surface area (Å²) in [7, 11) is 0. The second kappa shape index (κ2) is 10.9. The highest BCUT2D eigenvalue weighted by molar-refractivity contribution is 7.10. The van der Waals surface area contributed by atoms with Crippen molar-refractivity contribution in [2.45, 2.75) is 57.2 Å². The lowest BCUT2D eigenvalue weighted by atomic mass is 9.94. The van der Waals surface area contributed by atoms with Gasteiger partial charge in [-0.1, -0.05) is 49.6 Å². The molecule has 2 amide bonds. The van der Waals surface area contributed by atoms with Gasteiger partial charge in [-0.3, -0.25) is 9.59 Å². The zero-order chi connectivity index (χ0) is 22.3. The van der Waals surface area contributed by atoms with Gasteiger partial charge in [0.15, 0.2) is 0 Å². The smallest absolute Gasteiger partial charge is 0.247 e. The fraction of sp³-hybridized carbons (Fsp3) is 0.360. The largest absolute Gasteiger partial charge is 0.351 e. The predicted octanol–water partition coefficient (Wildman–Crippen LogP) is 5.71. The highest BCUT2D eigenvalue weighted by Crippen LogP contribution is 2.29. The maximum atomic E-state index is 14.9. The molecule has 1 aromatic carbocycles. The molecule has 0 radical (unpaired) electrons. The second-order valence-corrected chi connectivity index (χ2v) is 10.2. The SMILES string of the molecule is O=C(NC1CCCCC1)C(c1ccccc1F)N(Cc1cccs1)C(=O)Cc1cccs1. The third kappa shape index (κ3) is 5.64. The summed E-state index contributed by atoms with van der Waals surface area (Å²) in [5.74, 6) is -0.970. The van der Waals surface area contributed by atoms with Crippen LogP contribution in [-0.2, 0) is 22.6 Å². The molecule has 0 spiro atoms. The van der Waals surface area contributed by atoms with Crippen LogP contribution in [0.1, 0.15) is 53.5 Å². The van der Waals surface area contributed by atoms with Crippen LogP contribution in [0, 0.1) is 5.82 Å². The van der Waals surface area contributed by atoms with Crippen molar-refractivity contribution in [3.8, 4) is 0 Å². The number of carbonyl (C=O) groups is 2. The molecule has 0 bridgehead atoms. The first-order valence-corrected chi connectivity index (χ1v) is 12.8. The Morgan fingerprint density at radius 3 is 2.31 bits per heavy atom. The molecule has 1 N–H and O–H groups in total. The van der Waals surface area contributed by atoms with Gasteiger partial charge in [0.2, 0.25) is 11.8 Å². The van der Waals surface area contributed by atoms with Gasteiger partial charge in [0.25, 0.3) is 0 Å². The molecular formula is C25H27FN2O2S2. The van der Waals surface area contributed by atoms with Crippen molar-refractivity contribution in [1.29, 1.82) is 0 Å². The molecule has 4 nitrogen and oxygen atoms in total. The molecule has 1 aliphatic carbocycles. The third-order valence-electron chi connectivity index (χ3n) is 5.84. The predicted molar refractivity (Wildman–Crippen MR) is 127 cm³/mol. The summed E-state index contributed by atoms with van der Waals surface area (Å²) in [4.78, 5) is 30.5. The van der Waals surface area contributed by atoms with Crippen LogP contribution in [0.15, 0.2) is 59.3 Å². The number of nitrogens with one attached hydrogen (secondary N) is 1. The van der Waals surface area contributed by atoms with Crippen molar-refractivity contribution in [3.05, 3.63) is 80.4 Å². The highest BCUT2D eigenvalue weighted by Gasteiger charge is 2.34. The summed E-state index contributed by atoms with van der Waals surface area (Å²) < 4.78 is 14.9. The first-order valence-electron chi connectivity index (χ1n) is 11.0. The van der Waals surface area contributed by atoms with Gasteiger partial charge in [-0.2, -0.15) is 0 Å². The minimum Gasteiger partial charge on any atom is -0.351 e. The van der Waals surface area contributed by atoms with E-state index in [9.17, 15) is 14.0 Å². The van der Waals surface area contributed by atoms with Crippen LogP contribution >= 0.6 is 22.7 Å². The van der Waals surface area contributed by atoms with Crippen molar-refractivity contribution >= 4 is 34.5 Å². The molecule has 7 heteroatoms. The van der Waals surface area contributed by atoms with Crippen LogP contribution in [-0.4, -0.2) is 22.8 Å². The molecule has 168 valence electrons. The van der Waals surface area contributed by atoms with E-state index in [2.05, 4.69) is 5.32 Å². The topological polar surface area (TPSA) is 49.4 Å². The summed E-state index contributed by atoms with van der Waals surface area (Å²) in [5.41, 5.74) is 0.233. The summed E-state index contributed by atoms with van der Waals surface area (Å²) in [6, 6.07) is 13.0. The van der Waals surface area contributed by atoms with Crippen molar-refractivity contribution in [2.24, 2.45) is 0 Å². The Labute approximate surface area is 196 Å². The van der Waals surface area contributed by atoms with E-state index in [4.69, 9.17) is 0 Å². The summed E-state index contributed by atoms with van der Waals surface area (Å²) in [5, 5.41) is 6.99. The maximum Gasteiger partial charge on any atom is 0.247 e. The standard InChI is InChI=1S/C25H27FN2O2S2/c26-22-13-5-4-12-21(22)24(25(30)27-18-8-2-1-3-9-18)28(17-20-11-7-15-32-20)23(29)16-19-10-6-14-31-19/h4-7,10-15,18,24H,1-3,8-9,16-17H2,(H,27,30). The minimum absolute atomic E-state index is 0.0708. The molecule has 1 fully saturated rings. The number of carbonyl (C=O) groups excluding carboxylic acids is 2. The van der Waals surface area contributed by atoms with Gasteiger partial charge in [-0.25, -0.2) is 4.39 Å². The minimum atomic E-state index is -1.02. The Balaban J connectivity index is 1.68. The van der Waals surface area contributed by atoms with Gasteiger partial charge in [0.1, 0.15) is 11.9 Å². The maximum absolute atomic E-state index is 14.9. The van der Waals surface area contributed by atoms with Crippen molar-refractivity contribution in [2.75, 3.05) is 0 Å². The normalized spacial score (nSPS) is 15.3. The molecule has 2 heterocycles. The van der Waals surface area contributed by atoms with Crippen LogP contribution in [0.4, 0.5) is 4.39 Å². The Bertz CT molecular complexity index is 1010.